The minimum atomic E-state index is 0.518. The molecule has 0 aliphatic carbocycles. The van der Waals surface area contributed by atoms with E-state index < -0.39 is 0 Å². The SMILES string of the molecule is C=C(C/C=C/C)OCC(=C/C=C\C)/C(C)=N\C. The Bertz CT molecular complexity index is 346. The first kappa shape index (κ1) is 15.4. The molecule has 0 aliphatic rings. The van der Waals surface area contributed by atoms with Gasteiger partial charge < -0.3 is 4.74 Å². The number of allylic oxidation sites excluding steroid dienone is 5. The second-order valence-corrected chi connectivity index (χ2v) is 3.63. The van der Waals surface area contributed by atoms with Gasteiger partial charge >= 0.3 is 0 Å². The lowest BCUT2D eigenvalue weighted by Crippen LogP contribution is -2.05. The first-order valence-corrected chi connectivity index (χ1v) is 5.83. The Morgan fingerprint density at radius 2 is 2.00 bits per heavy atom. The summed E-state index contributed by atoms with van der Waals surface area (Å²) in [5.74, 6) is 0.776. The third-order valence-corrected chi connectivity index (χ3v) is 2.30. The summed E-state index contributed by atoms with van der Waals surface area (Å²) in [4.78, 5) is 4.17. The molecule has 0 spiro atoms. The standard InChI is InChI=1S/C15H23NO/c1-6-8-10-13(3)17-12-15(11-9-7-2)14(4)16-5/h6-9,11H,3,10,12H2,1-2,4-5H3/b8-6+,9-7-,15-11-,16-14-. The Balaban J connectivity index is 4.42. The third kappa shape index (κ3) is 7.34. The zero-order valence-corrected chi connectivity index (χ0v) is 11.4. The number of rotatable bonds is 7. The van der Waals surface area contributed by atoms with Gasteiger partial charge in [0, 0.05) is 24.8 Å². The van der Waals surface area contributed by atoms with Gasteiger partial charge in [-0.25, -0.2) is 0 Å². The van der Waals surface area contributed by atoms with Crippen molar-refractivity contribution in [2.24, 2.45) is 4.99 Å². The van der Waals surface area contributed by atoms with Crippen LogP contribution in [-0.2, 0) is 4.74 Å². The van der Waals surface area contributed by atoms with Gasteiger partial charge in [-0.2, -0.15) is 0 Å². The lowest BCUT2D eigenvalue weighted by Gasteiger charge is -2.10. The van der Waals surface area contributed by atoms with Gasteiger partial charge in [-0.15, -0.1) is 0 Å². The van der Waals surface area contributed by atoms with E-state index >= 15 is 0 Å². The fraction of sp³-hybridized carbons (Fsp3) is 0.400. The van der Waals surface area contributed by atoms with E-state index in [1.54, 1.807) is 7.05 Å². The van der Waals surface area contributed by atoms with Gasteiger partial charge in [0.2, 0.25) is 0 Å². The summed E-state index contributed by atoms with van der Waals surface area (Å²) < 4.78 is 5.60. The topological polar surface area (TPSA) is 21.6 Å². The molecular formula is C15H23NO. The van der Waals surface area contributed by atoms with Crippen molar-refractivity contribution in [3.05, 3.63) is 48.3 Å². The molecule has 0 amide bonds. The minimum Gasteiger partial charge on any atom is -0.493 e. The molecule has 0 bridgehead atoms. The lowest BCUT2D eigenvalue weighted by atomic mass is 10.1. The van der Waals surface area contributed by atoms with Crippen LogP contribution in [0.4, 0.5) is 0 Å². The van der Waals surface area contributed by atoms with E-state index in [0.29, 0.717) is 6.61 Å². The van der Waals surface area contributed by atoms with Crippen LogP contribution in [0.2, 0.25) is 0 Å². The zero-order valence-electron chi connectivity index (χ0n) is 11.4. The number of hydrogen-bond donors (Lipinski definition) is 0. The van der Waals surface area contributed by atoms with Crippen molar-refractivity contribution in [1.82, 2.24) is 0 Å². The number of ether oxygens (including phenoxy) is 1. The Kier molecular flexibility index (Phi) is 8.75. The minimum absolute atomic E-state index is 0.518. The average molecular weight is 233 g/mol. The van der Waals surface area contributed by atoms with Gasteiger partial charge in [-0.3, -0.25) is 4.99 Å². The molecule has 0 N–H and O–H groups in total. The molecule has 17 heavy (non-hydrogen) atoms. The Labute approximate surface area is 105 Å². The first-order chi connectivity index (χ1) is 8.15. The largest absolute Gasteiger partial charge is 0.493 e. The van der Waals surface area contributed by atoms with Crippen molar-refractivity contribution in [1.29, 1.82) is 0 Å². The van der Waals surface area contributed by atoms with Gasteiger partial charge in [0.1, 0.15) is 6.61 Å². The van der Waals surface area contributed by atoms with Crippen LogP contribution < -0.4 is 0 Å². The van der Waals surface area contributed by atoms with Crippen LogP contribution in [0, 0.1) is 0 Å². The predicted molar refractivity (Wildman–Crippen MR) is 76.5 cm³/mol. The molecule has 0 fully saturated rings. The van der Waals surface area contributed by atoms with E-state index in [0.717, 1.165) is 23.5 Å². The van der Waals surface area contributed by atoms with Crippen LogP contribution in [-0.4, -0.2) is 19.4 Å². The van der Waals surface area contributed by atoms with Crippen LogP contribution in [0.15, 0.2) is 53.3 Å². The van der Waals surface area contributed by atoms with Crippen molar-refractivity contribution in [2.45, 2.75) is 27.2 Å². The molecular weight excluding hydrogens is 210 g/mol. The Hall–Kier alpha value is -1.57. The van der Waals surface area contributed by atoms with Gasteiger partial charge in [-0.05, 0) is 20.8 Å². The molecule has 94 valence electrons. The van der Waals surface area contributed by atoms with E-state index in [1.807, 2.05) is 51.2 Å². The molecule has 2 nitrogen and oxygen atoms in total. The average Bonchev–Trinajstić information content (AvgIpc) is 2.35. The maximum Gasteiger partial charge on any atom is 0.115 e. The number of hydrogen-bond acceptors (Lipinski definition) is 2. The molecule has 0 radical (unpaired) electrons. The van der Waals surface area contributed by atoms with Gasteiger partial charge in [0.25, 0.3) is 0 Å². The molecule has 0 rings (SSSR count). The van der Waals surface area contributed by atoms with Crippen molar-refractivity contribution < 1.29 is 4.74 Å². The van der Waals surface area contributed by atoms with Crippen molar-refractivity contribution in [3.8, 4) is 0 Å². The lowest BCUT2D eigenvalue weighted by molar-refractivity contribution is 0.240. The van der Waals surface area contributed by atoms with Gasteiger partial charge in [0.05, 0.1) is 5.76 Å². The van der Waals surface area contributed by atoms with Crippen molar-refractivity contribution >= 4 is 5.71 Å². The normalized spacial score (nSPS) is 13.6. The van der Waals surface area contributed by atoms with Gasteiger partial charge in [0.15, 0.2) is 0 Å². The quantitative estimate of drug-likeness (QED) is 0.281. The van der Waals surface area contributed by atoms with Crippen molar-refractivity contribution in [3.63, 3.8) is 0 Å². The second kappa shape index (κ2) is 9.64. The second-order valence-electron chi connectivity index (χ2n) is 3.63. The molecule has 0 saturated carbocycles. The smallest absolute Gasteiger partial charge is 0.115 e. The Morgan fingerprint density at radius 3 is 2.53 bits per heavy atom. The summed E-state index contributed by atoms with van der Waals surface area (Å²) in [6.07, 6.45) is 10.8. The van der Waals surface area contributed by atoms with Crippen LogP contribution in [0.25, 0.3) is 0 Å². The predicted octanol–water partition coefficient (Wildman–Crippen LogP) is 4.08. The summed E-state index contributed by atoms with van der Waals surface area (Å²) in [6.45, 7) is 10.3. The van der Waals surface area contributed by atoms with E-state index in [2.05, 4.69) is 11.6 Å². The maximum absolute atomic E-state index is 5.60. The molecule has 0 atom stereocenters. The third-order valence-electron chi connectivity index (χ3n) is 2.30. The van der Waals surface area contributed by atoms with E-state index in [9.17, 15) is 0 Å². The summed E-state index contributed by atoms with van der Waals surface area (Å²) in [5.41, 5.74) is 2.06. The molecule has 0 heterocycles. The number of nitrogens with zero attached hydrogens (tertiary/aromatic N) is 1. The van der Waals surface area contributed by atoms with Crippen LogP contribution in [0.1, 0.15) is 27.2 Å². The van der Waals surface area contributed by atoms with Crippen molar-refractivity contribution in [2.75, 3.05) is 13.7 Å². The summed E-state index contributed by atoms with van der Waals surface area (Å²) in [7, 11) is 1.79. The van der Waals surface area contributed by atoms with E-state index in [-0.39, 0.29) is 0 Å². The fourth-order valence-corrected chi connectivity index (χ4v) is 1.12. The first-order valence-electron chi connectivity index (χ1n) is 5.83. The Morgan fingerprint density at radius 1 is 1.29 bits per heavy atom. The monoisotopic (exact) mass is 233 g/mol. The molecule has 2 heteroatoms. The highest BCUT2D eigenvalue weighted by Gasteiger charge is 2.01. The van der Waals surface area contributed by atoms with Crippen LogP contribution in [0.5, 0.6) is 0 Å². The molecule has 0 aromatic rings. The zero-order chi connectivity index (χ0) is 13.1. The molecule has 0 aromatic heterocycles. The molecule has 0 aromatic carbocycles. The van der Waals surface area contributed by atoms with Crippen LogP contribution in [0.3, 0.4) is 0 Å². The van der Waals surface area contributed by atoms with Crippen LogP contribution >= 0.6 is 0 Å². The van der Waals surface area contributed by atoms with E-state index in [4.69, 9.17) is 4.74 Å². The summed E-state index contributed by atoms with van der Waals surface area (Å²) in [6, 6.07) is 0. The number of aliphatic imine (C=N–C) groups is 1. The molecule has 0 unspecified atom stereocenters. The highest BCUT2D eigenvalue weighted by atomic mass is 16.5. The highest BCUT2D eigenvalue weighted by molar-refractivity contribution is 5.98. The molecule has 0 saturated heterocycles. The summed E-state index contributed by atoms with van der Waals surface area (Å²) >= 11 is 0. The van der Waals surface area contributed by atoms with Gasteiger partial charge in [-0.1, -0.05) is 37.0 Å². The highest BCUT2D eigenvalue weighted by Crippen LogP contribution is 2.07. The van der Waals surface area contributed by atoms with E-state index in [1.165, 1.54) is 0 Å². The maximum atomic E-state index is 5.60. The fourth-order valence-electron chi connectivity index (χ4n) is 1.12. The molecule has 0 aliphatic heterocycles. The summed E-state index contributed by atoms with van der Waals surface area (Å²) in [5, 5.41) is 0.